The molecule has 0 aliphatic carbocycles. The summed E-state index contributed by atoms with van der Waals surface area (Å²) < 4.78 is 27.4. The lowest BCUT2D eigenvalue weighted by Gasteiger charge is -2.16. The molecule has 0 aromatic heterocycles. The van der Waals surface area contributed by atoms with E-state index in [0.29, 0.717) is 11.4 Å². The maximum Gasteiger partial charge on any atom is 0.241 e. The number of aryl methyl sites for hydroxylation is 3. The van der Waals surface area contributed by atoms with Crippen molar-refractivity contribution in [2.24, 2.45) is 0 Å². The Labute approximate surface area is 128 Å². The number of sulfonamides is 1. The highest BCUT2D eigenvalue weighted by atomic mass is 35.5. The lowest BCUT2D eigenvalue weighted by Crippen LogP contribution is -2.39. The van der Waals surface area contributed by atoms with Crippen LogP contribution in [0.25, 0.3) is 0 Å². The second kappa shape index (κ2) is 7.98. The van der Waals surface area contributed by atoms with Crippen LogP contribution in [0.3, 0.4) is 0 Å². The van der Waals surface area contributed by atoms with Gasteiger partial charge in [0, 0.05) is 12.6 Å². The molecule has 0 aliphatic heterocycles. The summed E-state index contributed by atoms with van der Waals surface area (Å²) >= 11 is 0. The molecule has 0 bridgehead atoms. The fraction of sp³-hybridized carbons (Fsp3) is 0.571. The van der Waals surface area contributed by atoms with Crippen LogP contribution in [-0.2, 0) is 10.0 Å². The Morgan fingerprint density at radius 3 is 2.10 bits per heavy atom. The number of hydrogen-bond donors (Lipinski definition) is 2. The van der Waals surface area contributed by atoms with E-state index in [1.807, 2.05) is 46.8 Å². The number of nitrogens with one attached hydrogen (secondary N) is 2. The Hall–Kier alpha value is -0.620. The second-order valence-electron chi connectivity index (χ2n) is 5.04. The summed E-state index contributed by atoms with van der Waals surface area (Å²) in [5, 5.41) is 3.18. The fourth-order valence-electron chi connectivity index (χ4n) is 2.32. The third-order valence-corrected chi connectivity index (χ3v) is 4.73. The average molecular weight is 321 g/mol. The molecule has 0 amide bonds. The molecule has 1 aromatic carbocycles. The van der Waals surface area contributed by atoms with Crippen LogP contribution < -0.4 is 10.0 Å². The molecular weight excluding hydrogens is 296 g/mol. The summed E-state index contributed by atoms with van der Waals surface area (Å²) in [5.74, 6) is 0. The standard InChI is InChI=1S/C14H24N2O2S.ClH/c1-6-15-13(5)9-16-19(17,18)14-11(3)7-10(2)8-12(14)4;/h7-8,13,15-16H,6,9H2,1-5H3;1H/t13-;/m1./s1. The largest absolute Gasteiger partial charge is 0.313 e. The maximum absolute atomic E-state index is 12.4. The fourth-order valence-corrected chi connectivity index (χ4v) is 3.90. The molecule has 0 spiro atoms. The van der Waals surface area contributed by atoms with Crippen molar-refractivity contribution in [3.63, 3.8) is 0 Å². The van der Waals surface area contributed by atoms with Crippen molar-refractivity contribution >= 4 is 22.4 Å². The van der Waals surface area contributed by atoms with Crippen LogP contribution in [0.4, 0.5) is 0 Å². The molecule has 0 radical (unpaired) electrons. The zero-order valence-corrected chi connectivity index (χ0v) is 14.4. The minimum Gasteiger partial charge on any atom is -0.313 e. The van der Waals surface area contributed by atoms with Crippen molar-refractivity contribution in [1.29, 1.82) is 0 Å². The van der Waals surface area contributed by atoms with E-state index in [-0.39, 0.29) is 18.4 Å². The molecule has 0 saturated heterocycles. The molecule has 2 N–H and O–H groups in total. The predicted molar refractivity (Wildman–Crippen MR) is 86.2 cm³/mol. The van der Waals surface area contributed by atoms with Crippen LogP contribution in [0.15, 0.2) is 17.0 Å². The van der Waals surface area contributed by atoms with Gasteiger partial charge in [-0.15, -0.1) is 12.4 Å². The molecule has 0 unspecified atom stereocenters. The molecule has 1 atom stereocenters. The molecule has 6 heteroatoms. The molecule has 0 saturated carbocycles. The van der Waals surface area contributed by atoms with Gasteiger partial charge < -0.3 is 5.32 Å². The Morgan fingerprint density at radius 2 is 1.65 bits per heavy atom. The van der Waals surface area contributed by atoms with E-state index in [1.54, 1.807) is 0 Å². The van der Waals surface area contributed by atoms with Gasteiger partial charge in [-0.25, -0.2) is 13.1 Å². The Bertz CT molecular complexity index is 521. The van der Waals surface area contributed by atoms with E-state index in [1.165, 1.54) is 0 Å². The first-order valence-electron chi connectivity index (χ1n) is 6.58. The van der Waals surface area contributed by atoms with Gasteiger partial charge in [0.2, 0.25) is 10.0 Å². The minimum atomic E-state index is -3.44. The van der Waals surface area contributed by atoms with E-state index < -0.39 is 10.0 Å². The van der Waals surface area contributed by atoms with Crippen LogP contribution in [0.5, 0.6) is 0 Å². The first kappa shape index (κ1) is 19.4. The Balaban J connectivity index is 0.00000361. The van der Waals surface area contributed by atoms with Crippen LogP contribution in [0.1, 0.15) is 30.5 Å². The van der Waals surface area contributed by atoms with Gasteiger partial charge in [0.1, 0.15) is 0 Å². The predicted octanol–water partition coefficient (Wildman–Crippen LogP) is 2.31. The van der Waals surface area contributed by atoms with Crippen molar-refractivity contribution in [3.8, 4) is 0 Å². The lowest BCUT2D eigenvalue weighted by atomic mass is 10.1. The van der Waals surface area contributed by atoms with Crippen LogP contribution in [0.2, 0.25) is 0 Å². The number of halogens is 1. The first-order chi connectivity index (χ1) is 8.77. The van der Waals surface area contributed by atoms with Gasteiger partial charge in [0.05, 0.1) is 4.90 Å². The SMILES string of the molecule is CCN[C@H](C)CNS(=O)(=O)c1c(C)cc(C)cc1C.Cl. The zero-order chi connectivity index (χ0) is 14.6. The van der Waals surface area contributed by atoms with E-state index in [0.717, 1.165) is 23.2 Å². The van der Waals surface area contributed by atoms with Crippen LogP contribution in [-0.4, -0.2) is 27.5 Å². The van der Waals surface area contributed by atoms with Crippen molar-refractivity contribution in [3.05, 3.63) is 28.8 Å². The topological polar surface area (TPSA) is 58.2 Å². The van der Waals surface area contributed by atoms with E-state index in [2.05, 4.69) is 10.0 Å². The third-order valence-electron chi connectivity index (χ3n) is 3.01. The summed E-state index contributed by atoms with van der Waals surface area (Å²) in [5.41, 5.74) is 2.66. The highest BCUT2D eigenvalue weighted by molar-refractivity contribution is 7.89. The first-order valence-corrected chi connectivity index (χ1v) is 8.07. The van der Waals surface area contributed by atoms with E-state index in [9.17, 15) is 8.42 Å². The third kappa shape index (κ3) is 5.05. The lowest BCUT2D eigenvalue weighted by molar-refractivity contribution is 0.535. The molecule has 1 rings (SSSR count). The monoisotopic (exact) mass is 320 g/mol. The summed E-state index contributed by atoms with van der Waals surface area (Å²) in [6.45, 7) is 10.8. The normalized spacial score (nSPS) is 12.8. The molecule has 4 nitrogen and oxygen atoms in total. The van der Waals surface area contributed by atoms with Gasteiger partial charge in [-0.1, -0.05) is 24.6 Å². The molecule has 1 aromatic rings. The van der Waals surface area contributed by atoms with Gasteiger partial charge in [-0.05, 0) is 45.4 Å². The van der Waals surface area contributed by atoms with Crippen molar-refractivity contribution in [1.82, 2.24) is 10.0 Å². The smallest absolute Gasteiger partial charge is 0.241 e. The van der Waals surface area contributed by atoms with Gasteiger partial charge in [-0.3, -0.25) is 0 Å². The molecule has 0 heterocycles. The summed E-state index contributed by atoms with van der Waals surface area (Å²) in [7, 11) is -3.44. The number of likely N-dealkylation sites (N-methyl/N-ethyl adjacent to an activating group) is 1. The number of hydrogen-bond acceptors (Lipinski definition) is 3. The minimum absolute atomic E-state index is 0. The van der Waals surface area contributed by atoms with Gasteiger partial charge in [-0.2, -0.15) is 0 Å². The van der Waals surface area contributed by atoms with Crippen molar-refractivity contribution < 1.29 is 8.42 Å². The molecule has 0 aliphatic rings. The van der Waals surface area contributed by atoms with Gasteiger partial charge in [0.25, 0.3) is 0 Å². The number of rotatable bonds is 6. The maximum atomic E-state index is 12.4. The summed E-state index contributed by atoms with van der Waals surface area (Å²) in [4.78, 5) is 0.404. The van der Waals surface area contributed by atoms with Crippen LogP contribution >= 0.6 is 12.4 Å². The zero-order valence-electron chi connectivity index (χ0n) is 12.8. The highest BCUT2D eigenvalue weighted by Gasteiger charge is 2.20. The second-order valence-corrected chi connectivity index (χ2v) is 6.74. The van der Waals surface area contributed by atoms with Crippen molar-refractivity contribution in [2.45, 2.75) is 45.6 Å². The molecule has 20 heavy (non-hydrogen) atoms. The molecule has 116 valence electrons. The summed E-state index contributed by atoms with van der Waals surface area (Å²) in [6.07, 6.45) is 0. The van der Waals surface area contributed by atoms with Gasteiger partial charge in [0.15, 0.2) is 0 Å². The quantitative estimate of drug-likeness (QED) is 0.845. The molecular formula is C14H25ClN2O2S. The number of benzene rings is 1. The van der Waals surface area contributed by atoms with Crippen molar-refractivity contribution in [2.75, 3.05) is 13.1 Å². The Kier molecular flexibility index (Phi) is 7.73. The Morgan fingerprint density at radius 1 is 1.15 bits per heavy atom. The highest BCUT2D eigenvalue weighted by Crippen LogP contribution is 2.21. The van der Waals surface area contributed by atoms with E-state index in [4.69, 9.17) is 0 Å². The summed E-state index contributed by atoms with van der Waals surface area (Å²) in [6, 6.07) is 3.91. The van der Waals surface area contributed by atoms with E-state index >= 15 is 0 Å². The molecule has 0 fully saturated rings. The average Bonchev–Trinajstić information content (AvgIpc) is 2.25. The van der Waals surface area contributed by atoms with Gasteiger partial charge >= 0.3 is 0 Å². The van der Waals surface area contributed by atoms with Crippen LogP contribution in [0, 0.1) is 20.8 Å².